The Kier molecular flexibility index (Phi) is 4.74. The highest BCUT2D eigenvalue weighted by Crippen LogP contribution is 2.23. The molecule has 1 aromatic heterocycles. The third-order valence-electron chi connectivity index (χ3n) is 2.95. The first-order valence-electron chi connectivity index (χ1n) is 5.61. The van der Waals surface area contributed by atoms with Crippen LogP contribution in [0.4, 0.5) is 5.82 Å². The van der Waals surface area contributed by atoms with E-state index < -0.39 is 0 Å². The van der Waals surface area contributed by atoms with Gasteiger partial charge < -0.3 is 11.1 Å². The zero-order valence-corrected chi connectivity index (χ0v) is 11.8. The maximum atomic E-state index is 5.63. The predicted molar refractivity (Wildman–Crippen MR) is 72.7 cm³/mol. The van der Waals surface area contributed by atoms with E-state index in [2.05, 4.69) is 53.1 Å². The van der Waals surface area contributed by atoms with Crippen LogP contribution in [0.2, 0.25) is 0 Å². The monoisotopic (exact) mass is 285 g/mol. The van der Waals surface area contributed by atoms with E-state index in [1.165, 1.54) is 5.56 Å². The van der Waals surface area contributed by atoms with Crippen molar-refractivity contribution in [3.63, 3.8) is 0 Å². The Morgan fingerprint density at radius 2 is 2.25 bits per heavy atom. The van der Waals surface area contributed by atoms with Gasteiger partial charge >= 0.3 is 0 Å². The van der Waals surface area contributed by atoms with Crippen molar-refractivity contribution < 1.29 is 0 Å². The zero-order chi connectivity index (χ0) is 12.2. The molecule has 0 saturated carbocycles. The van der Waals surface area contributed by atoms with Crippen LogP contribution in [0.1, 0.15) is 32.3 Å². The van der Waals surface area contributed by atoms with Crippen LogP contribution in [0.5, 0.6) is 0 Å². The summed E-state index contributed by atoms with van der Waals surface area (Å²) >= 11 is 3.45. The molecule has 0 amide bonds. The molecule has 0 spiro atoms. The Morgan fingerprint density at radius 1 is 1.56 bits per heavy atom. The number of aryl methyl sites for hydroxylation is 1. The second-order valence-corrected chi connectivity index (χ2v) is 5.25. The molecule has 0 fully saturated rings. The minimum absolute atomic E-state index is 0.0298. The Labute approximate surface area is 106 Å². The number of nitrogens with two attached hydrogens (primary N) is 1. The average Bonchev–Trinajstić information content (AvgIpc) is 2.24. The lowest BCUT2D eigenvalue weighted by Crippen LogP contribution is -2.36. The second-order valence-electron chi connectivity index (χ2n) is 4.40. The summed E-state index contributed by atoms with van der Waals surface area (Å²) in [6.45, 7) is 7.09. The van der Waals surface area contributed by atoms with Gasteiger partial charge in [0.15, 0.2) is 0 Å². The van der Waals surface area contributed by atoms with Crippen LogP contribution in [-0.4, -0.2) is 17.1 Å². The van der Waals surface area contributed by atoms with Gasteiger partial charge in [0.1, 0.15) is 5.82 Å². The zero-order valence-electron chi connectivity index (χ0n) is 10.2. The summed E-state index contributed by atoms with van der Waals surface area (Å²) in [5.41, 5.74) is 6.84. The van der Waals surface area contributed by atoms with Crippen LogP contribution < -0.4 is 11.1 Å². The fourth-order valence-corrected chi connectivity index (χ4v) is 1.78. The molecule has 16 heavy (non-hydrogen) atoms. The van der Waals surface area contributed by atoms with E-state index in [-0.39, 0.29) is 5.54 Å². The second kappa shape index (κ2) is 5.64. The lowest BCUT2D eigenvalue weighted by molar-refractivity contribution is 0.462. The van der Waals surface area contributed by atoms with Crippen LogP contribution in [0.3, 0.4) is 0 Å². The standard InChI is InChI=1S/C12H20BrN3/c1-4-12(3,5-6-14)16-11-7-9(2)10(13)8-15-11/h7-8H,4-6,14H2,1-3H3,(H,15,16). The number of aromatic nitrogens is 1. The smallest absolute Gasteiger partial charge is 0.126 e. The van der Waals surface area contributed by atoms with Crippen molar-refractivity contribution in [1.82, 2.24) is 4.98 Å². The average molecular weight is 286 g/mol. The highest BCUT2D eigenvalue weighted by molar-refractivity contribution is 9.10. The molecule has 1 aromatic rings. The molecule has 1 heterocycles. The molecule has 1 rings (SSSR count). The molecule has 1 unspecified atom stereocenters. The molecule has 0 aliphatic heterocycles. The lowest BCUT2D eigenvalue weighted by atomic mass is 9.94. The normalized spacial score (nSPS) is 14.6. The number of nitrogens with zero attached hydrogens (tertiary/aromatic N) is 1. The first kappa shape index (κ1) is 13.5. The summed E-state index contributed by atoms with van der Waals surface area (Å²) in [5, 5.41) is 3.46. The van der Waals surface area contributed by atoms with E-state index in [0.717, 1.165) is 23.1 Å². The summed E-state index contributed by atoms with van der Waals surface area (Å²) in [5.74, 6) is 0.915. The van der Waals surface area contributed by atoms with Crippen molar-refractivity contribution in [3.05, 3.63) is 22.3 Å². The third kappa shape index (κ3) is 3.46. The van der Waals surface area contributed by atoms with Gasteiger partial charge in [-0.05, 0) is 60.8 Å². The van der Waals surface area contributed by atoms with Gasteiger partial charge in [-0.3, -0.25) is 0 Å². The first-order valence-corrected chi connectivity index (χ1v) is 6.40. The summed E-state index contributed by atoms with van der Waals surface area (Å²) in [6.07, 6.45) is 3.80. The largest absolute Gasteiger partial charge is 0.365 e. The molecule has 3 nitrogen and oxygen atoms in total. The van der Waals surface area contributed by atoms with Crippen molar-refractivity contribution in [1.29, 1.82) is 0 Å². The van der Waals surface area contributed by atoms with Crippen LogP contribution in [-0.2, 0) is 0 Å². The molecule has 0 aromatic carbocycles. The highest BCUT2D eigenvalue weighted by atomic mass is 79.9. The number of nitrogens with one attached hydrogen (secondary N) is 1. The molecule has 0 saturated heterocycles. The Balaban J connectivity index is 2.81. The number of pyridine rings is 1. The molecule has 4 heteroatoms. The number of hydrogen-bond donors (Lipinski definition) is 2. The minimum atomic E-state index is 0.0298. The van der Waals surface area contributed by atoms with Gasteiger partial charge in [-0.25, -0.2) is 4.98 Å². The van der Waals surface area contributed by atoms with Gasteiger partial charge in [0, 0.05) is 16.2 Å². The van der Waals surface area contributed by atoms with E-state index >= 15 is 0 Å². The molecule has 90 valence electrons. The van der Waals surface area contributed by atoms with Gasteiger partial charge in [-0.2, -0.15) is 0 Å². The first-order chi connectivity index (χ1) is 7.50. The SMILES string of the molecule is CCC(C)(CCN)Nc1cc(C)c(Br)cn1. The van der Waals surface area contributed by atoms with E-state index in [1.54, 1.807) is 0 Å². The Bertz CT molecular complexity index is 354. The molecule has 3 N–H and O–H groups in total. The number of hydrogen-bond acceptors (Lipinski definition) is 3. The molecular formula is C12H20BrN3. The number of rotatable bonds is 5. The van der Waals surface area contributed by atoms with Crippen LogP contribution in [0, 0.1) is 6.92 Å². The summed E-state index contributed by atoms with van der Waals surface area (Å²) in [6, 6.07) is 2.05. The lowest BCUT2D eigenvalue weighted by Gasteiger charge is -2.30. The molecule has 1 atom stereocenters. The summed E-state index contributed by atoms with van der Waals surface area (Å²) < 4.78 is 1.04. The quantitative estimate of drug-likeness (QED) is 0.874. The fraction of sp³-hybridized carbons (Fsp3) is 0.583. The van der Waals surface area contributed by atoms with Gasteiger partial charge in [0.2, 0.25) is 0 Å². The maximum Gasteiger partial charge on any atom is 0.126 e. The molecule has 0 aliphatic rings. The number of halogens is 1. The van der Waals surface area contributed by atoms with Gasteiger partial charge in [-0.1, -0.05) is 6.92 Å². The topological polar surface area (TPSA) is 50.9 Å². The fourth-order valence-electron chi connectivity index (χ4n) is 1.56. The van der Waals surface area contributed by atoms with E-state index in [9.17, 15) is 0 Å². The van der Waals surface area contributed by atoms with Gasteiger partial charge in [0.05, 0.1) is 0 Å². The van der Waals surface area contributed by atoms with Crippen molar-refractivity contribution >= 4 is 21.7 Å². The van der Waals surface area contributed by atoms with Gasteiger partial charge in [-0.15, -0.1) is 0 Å². The molecule has 0 bridgehead atoms. The summed E-state index contributed by atoms with van der Waals surface area (Å²) in [7, 11) is 0. The maximum absolute atomic E-state index is 5.63. The molecule has 0 radical (unpaired) electrons. The van der Waals surface area contributed by atoms with E-state index in [1.807, 2.05) is 6.20 Å². The highest BCUT2D eigenvalue weighted by Gasteiger charge is 2.21. The Hall–Kier alpha value is -0.610. The van der Waals surface area contributed by atoms with Crippen molar-refractivity contribution in [2.24, 2.45) is 5.73 Å². The van der Waals surface area contributed by atoms with Crippen LogP contribution in [0.25, 0.3) is 0 Å². The number of anilines is 1. The third-order valence-corrected chi connectivity index (χ3v) is 3.78. The van der Waals surface area contributed by atoms with Crippen molar-refractivity contribution in [3.8, 4) is 0 Å². The minimum Gasteiger partial charge on any atom is -0.365 e. The predicted octanol–water partition coefficient (Wildman–Crippen LogP) is 3.08. The van der Waals surface area contributed by atoms with Crippen molar-refractivity contribution in [2.75, 3.05) is 11.9 Å². The van der Waals surface area contributed by atoms with Crippen LogP contribution in [0.15, 0.2) is 16.7 Å². The van der Waals surface area contributed by atoms with E-state index in [4.69, 9.17) is 5.73 Å². The van der Waals surface area contributed by atoms with Gasteiger partial charge in [0.25, 0.3) is 0 Å². The van der Waals surface area contributed by atoms with Crippen molar-refractivity contribution in [2.45, 2.75) is 39.2 Å². The Morgan fingerprint density at radius 3 is 2.75 bits per heavy atom. The van der Waals surface area contributed by atoms with E-state index in [0.29, 0.717) is 6.54 Å². The summed E-state index contributed by atoms with van der Waals surface area (Å²) in [4.78, 5) is 4.36. The molecule has 0 aliphatic carbocycles. The van der Waals surface area contributed by atoms with Crippen LogP contribution >= 0.6 is 15.9 Å². The molecular weight excluding hydrogens is 266 g/mol.